The Morgan fingerprint density at radius 3 is 3.00 bits per heavy atom. The highest BCUT2D eigenvalue weighted by atomic mass is 16.3. The van der Waals surface area contributed by atoms with Crippen LogP contribution in [0.3, 0.4) is 0 Å². The second-order valence-electron chi connectivity index (χ2n) is 2.30. The predicted octanol–water partition coefficient (Wildman–Crippen LogP) is 1.22. The van der Waals surface area contributed by atoms with Gasteiger partial charge in [0.2, 0.25) is 0 Å². The monoisotopic (exact) mass is 152 g/mol. The summed E-state index contributed by atoms with van der Waals surface area (Å²) in [7, 11) is 0. The number of hydrogen-bond donors (Lipinski definition) is 0. The zero-order chi connectivity index (χ0) is 8.27. The number of ketones is 1. The first-order valence-electron chi connectivity index (χ1n) is 3.25. The molecular weight excluding hydrogens is 144 g/mol. The summed E-state index contributed by atoms with van der Waals surface area (Å²) in [6, 6.07) is 1.55. The SMILES string of the molecule is CC(=O)Cc1occc1C=O. The van der Waals surface area contributed by atoms with Gasteiger partial charge in [0.05, 0.1) is 18.2 Å². The molecule has 1 aromatic rings. The molecule has 0 amide bonds. The van der Waals surface area contributed by atoms with Crippen LogP contribution in [0.5, 0.6) is 0 Å². The van der Waals surface area contributed by atoms with Crippen LogP contribution in [0.15, 0.2) is 16.7 Å². The topological polar surface area (TPSA) is 47.3 Å². The average molecular weight is 152 g/mol. The van der Waals surface area contributed by atoms with Gasteiger partial charge in [-0.1, -0.05) is 0 Å². The minimum absolute atomic E-state index is 0.0111. The highest BCUT2D eigenvalue weighted by molar-refractivity contribution is 5.82. The summed E-state index contributed by atoms with van der Waals surface area (Å²) in [5.41, 5.74) is 0.459. The van der Waals surface area contributed by atoms with Crippen LogP contribution in [0.1, 0.15) is 23.0 Å². The molecule has 3 heteroatoms. The van der Waals surface area contributed by atoms with Gasteiger partial charge in [0.1, 0.15) is 11.5 Å². The number of Topliss-reactive ketones (excluding diaryl/α,β-unsaturated/α-hetero) is 1. The highest BCUT2D eigenvalue weighted by Crippen LogP contribution is 2.08. The first kappa shape index (κ1) is 7.72. The number of rotatable bonds is 3. The maximum absolute atomic E-state index is 10.6. The molecule has 0 fully saturated rings. The first-order valence-corrected chi connectivity index (χ1v) is 3.25. The largest absolute Gasteiger partial charge is 0.468 e. The average Bonchev–Trinajstić information content (AvgIpc) is 2.34. The van der Waals surface area contributed by atoms with Crippen LogP contribution in [0.25, 0.3) is 0 Å². The van der Waals surface area contributed by atoms with Gasteiger partial charge in [-0.05, 0) is 13.0 Å². The van der Waals surface area contributed by atoms with Crippen molar-refractivity contribution in [2.24, 2.45) is 0 Å². The van der Waals surface area contributed by atoms with Gasteiger partial charge < -0.3 is 4.42 Å². The van der Waals surface area contributed by atoms with E-state index in [4.69, 9.17) is 4.42 Å². The summed E-state index contributed by atoms with van der Waals surface area (Å²) in [6.45, 7) is 1.46. The van der Waals surface area contributed by atoms with Gasteiger partial charge in [0.15, 0.2) is 6.29 Å². The molecule has 0 N–H and O–H groups in total. The van der Waals surface area contributed by atoms with Gasteiger partial charge in [-0.25, -0.2) is 0 Å². The van der Waals surface area contributed by atoms with Crippen LogP contribution in [-0.2, 0) is 11.2 Å². The van der Waals surface area contributed by atoms with Crippen LogP contribution in [0.4, 0.5) is 0 Å². The molecule has 0 aromatic carbocycles. The van der Waals surface area contributed by atoms with Gasteiger partial charge in [0, 0.05) is 0 Å². The van der Waals surface area contributed by atoms with E-state index in [0.717, 1.165) is 0 Å². The Hall–Kier alpha value is -1.38. The van der Waals surface area contributed by atoms with Crippen molar-refractivity contribution >= 4 is 12.1 Å². The number of furan rings is 1. The van der Waals surface area contributed by atoms with E-state index >= 15 is 0 Å². The van der Waals surface area contributed by atoms with E-state index in [-0.39, 0.29) is 12.2 Å². The van der Waals surface area contributed by atoms with Gasteiger partial charge >= 0.3 is 0 Å². The summed E-state index contributed by atoms with van der Waals surface area (Å²) in [5.74, 6) is 0.440. The number of carbonyl (C=O) groups excluding carboxylic acids is 2. The molecule has 0 saturated carbocycles. The fourth-order valence-corrected chi connectivity index (χ4v) is 0.825. The Morgan fingerprint density at radius 1 is 1.73 bits per heavy atom. The van der Waals surface area contributed by atoms with Crippen molar-refractivity contribution < 1.29 is 14.0 Å². The predicted molar refractivity (Wildman–Crippen MR) is 38.5 cm³/mol. The molecule has 0 saturated heterocycles. The van der Waals surface area contributed by atoms with E-state index in [2.05, 4.69) is 0 Å². The normalized spacial score (nSPS) is 9.55. The zero-order valence-corrected chi connectivity index (χ0v) is 6.16. The molecule has 1 rings (SSSR count). The van der Waals surface area contributed by atoms with Crippen molar-refractivity contribution in [3.63, 3.8) is 0 Å². The Bertz CT molecular complexity index is 273. The lowest BCUT2D eigenvalue weighted by Crippen LogP contribution is -1.97. The van der Waals surface area contributed by atoms with Crippen molar-refractivity contribution in [1.29, 1.82) is 0 Å². The Labute approximate surface area is 64.0 Å². The second-order valence-corrected chi connectivity index (χ2v) is 2.30. The summed E-state index contributed by atoms with van der Waals surface area (Å²) in [4.78, 5) is 20.9. The minimum Gasteiger partial charge on any atom is -0.468 e. The molecule has 0 radical (unpaired) electrons. The molecule has 3 nitrogen and oxygen atoms in total. The number of carbonyl (C=O) groups is 2. The molecule has 1 heterocycles. The third-order valence-electron chi connectivity index (χ3n) is 1.32. The lowest BCUT2D eigenvalue weighted by molar-refractivity contribution is -0.116. The number of hydrogen-bond acceptors (Lipinski definition) is 3. The van der Waals surface area contributed by atoms with Crippen molar-refractivity contribution in [3.8, 4) is 0 Å². The standard InChI is InChI=1S/C8H8O3/c1-6(10)4-8-7(5-9)2-3-11-8/h2-3,5H,4H2,1H3. The molecule has 11 heavy (non-hydrogen) atoms. The molecule has 0 atom stereocenters. The lowest BCUT2D eigenvalue weighted by atomic mass is 10.2. The van der Waals surface area contributed by atoms with Crippen LogP contribution < -0.4 is 0 Å². The minimum atomic E-state index is -0.0111. The van der Waals surface area contributed by atoms with E-state index in [1.807, 2.05) is 0 Å². The van der Waals surface area contributed by atoms with Gasteiger partial charge in [-0.3, -0.25) is 9.59 Å². The molecule has 58 valence electrons. The van der Waals surface area contributed by atoms with Crippen molar-refractivity contribution in [3.05, 3.63) is 23.7 Å². The molecule has 0 aliphatic heterocycles. The smallest absolute Gasteiger partial charge is 0.153 e. The van der Waals surface area contributed by atoms with E-state index in [1.165, 1.54) is 13.2 Å². The number of aldehydes is 1. The molecule has 0 aliphatic carbocycles. The Kier molecular flexibility index (Phi) is 2.21. The van der Waals surface area contributed by atoms with Gasteiger partial charge in [-0.15, -0.1) is 0 Å². The lowest BCUT2D eigenvalue weighted by Gasteiger charge is -1.90. The van der Waals surface area contributed by atoms with Crippen LogP contribution in [-0.4, -0.2) is 12.1 Å². The fourth-order valence-electron chi connectivity index (χ4n) is 0.825. The van der Waals surface area contributed by atoms with Gasteiger partial charge in [0.25, 0.3) is 0 Å². The Balaban J connectivity index is 2.84. The Morgan fingerprint density at radius 2 is 2.45 bits per heavy atom. The molecule has 0 unspecified atom stereocenters. The van der Waals surface area contributed by atoms with Crippen LogP contribution in [0.2, 0.25) is 0 Å². The van der Waals surface area contributed by atoms with Gasteiger partial charge in [-0.2, -0.15) is 0 Å². The maximum atomic E-state index is 10.6. The fraction of sp³-hybridized carbons (Fsp3) is 0.250. The summed E-state index contributed by atoms with van der Waals surface area (Å²) in [6.07, 6.45) is 2.28. The quantitative estimate of drug-likeness (QED) is 0.612. The highest BCUT2D eigenvalue weighted by Gasteiger charge is 2.06. The van der Waals surface area contributed by atoms with E-state index in [1.54, 1.807) is 6.07 Å². The molecule has 0 aliphatic rings. The van der Waals surface area contributed by atoms with E-state index in [0.29, 0.717) is 17.6 Å². The third-order valence-corrected chi connectivity index (χ3v) is 1.32. The van der Waals surface area contributed by atoms with Crippen LogP contribution >= 0.6 is 0 Å². The maximum Gasteiger partial charge on any atom is 0.153 e. The summed E-state index contributed by atoms with van der Waals surface area (Å²) >= 11 is 0. The molecular formula is C8H8O3. The third kappa shape index (κ3) is 1.77. The van der Waals surface area contributed by atoms with E-state index in [9.17, 15) is 9.59 Å². The van der Waals surface area contributed by atoms with Crippen LogP contribution in [0, 0.1) is 0 Å². The van der Waals surface area contributed by atoms with Crippen molar-refractivity contribution in [1.82, 2.24) is 0 Å². The molecule has 0 spiro atoms. The first-order chi connectivity index (χ1) is 5.24. The summed E-state index contributed by atoms with van der Waals surface area (Å²) in [5, 5.41) is 0. The molecule has 1 aromatic heterocycles. The summed E-state index contributed by atoms with van der Waals surface area (Å²) < 4.78 is 4.91. The zero-order valence-electron chi connectivity index (χ0n) is 6.16. The molecule has 0 bridgehead atoms. The van der Waals surface area contributed by atoms with Crippen molar-refractivity contribution in [2.45, 2.75) is 13.3 Å². The second kappa shape index (κ2) is 3.14. The van der Waals surface area contributed by atoms with E-state index < -0.39 is 0 Å². The van der Waals surface area contributed by atoms with Crippen molar-refractivity contribution in [2.75, 3.05) is 0 Å².